The highest BCUT2D eigenvalue weighted by atomic mass is 16.2. The van der Waals surface area contributed by atoms with Crippen molar-refractivity contribution in [3.8, 4) is 6.07 Å². The molecule has 1 aromatic rings. The monoisotopic (exact) mass is 217 g/mol. The Hall–Kier alpha value is -2.16. The van der Waals surface area contributed by atoms with E-state index in [1.165, 1.54) is 6.20 Å². The van der Waals surface area contributed by atoms with Gasteiger partial charge in [0.15, 0.2) is 5.82 Å². The summed E-state index contributed by atoms with van der Waals surface area (Å²) in [7, 11) is 1.77. The van der Waals surface area contributed by atoms with E-state index < -0.39 is 0 Å². The van der Waals surface area contributed by atoms with Crippen LogP contribution in [0.5, 0.6) is 0 Å². The predicted molar refractivity (Wildman–Crippen MR) is 56.6 cm³/mol. The number of amides is 1. The van der Waals surface area contributed by atoms with Gasteiger partial charge in [0.2, 0.25) is 5.91 Å². The standard InChI is InChI=1S/C10H11N5O/c1-14-4-5-15(7-9(14)16)10-8(6-11)2-3-12-13-10/h2-3H,4-5,7H2,1H3. The van der Waals surface area contributed by atoms with Gasteiger partial charge in [-0.05, 0) is 6.07 Å². The van der Waals surface area contributed by atoms with Gasteiger partial charge in [0.05, 0.1) is 18.3 Å². The van der Waals surface area contributed by atoms with Crippen LogP contribution in [-0.4, -0.2) is 47.7 Å². The Labute approximate surface area is 93.1 Å². The summed E-state index contributed by atoms with van der Waals surface area (Å²) in [5.74, 6) is 0.521. The van der Waals surface area contributed by atoms with Gasteiger partial charge in [-0.2, -0.15) is 10.4 Å². The Morgan fingerprint density at radius 3 is 3.00 bits per heavy atom. The molecule has 0 atom stereocenters. The number of anilines is 1. The molecule has 0 spiro atoms. The number of hydrogen-bond acceptors (Lipinski definition) is 5. The third-order valence-electron chi connectivity index (χ3n) is 2.58. The van der Waals surface area contributed by atoms with Crippen molar-refractivity contribution in [3.63, 3.8) is 0 Å². The first-order chi connectivity index (χ1) is 7.72. The molecule has 82 valence electrons. The summed E-state index contributed by atoms with van der Waals surface area (Å²) in [5.41, 5.74) is 0.451. The van der Waals surface area contributed by atoms with Gasteiger partial charge in [-0.25, -0.2) is 0 Å². The molecule has 16 heavy (non-hydrogen) atoms. The van der Waals surface area contributed by atoms with Crippen molar-refractivity contribution in [3.05, 3.63) is 17.8 Å². The zero-order valence-corrected chi connectivity index (χ0v) is 8.92. The molecule has 2 rings (SSSR count). The van der Waals surface area contributed by atoms with Gasteiger partial charge >= 0.3 is 0 Å². The van der Waals surface area contributed by atoms with Crippen LogP contribution in [0, 0.1) is 11.3 Å². The SMILES string of the molecule is CN1CCN(c2nnccc2C#N)CC1=O. The summed E-state index contributed by atoms with van der Waals surface area (Å²) in [4.78, 5) is 15.0. The van der Waals surface area contributed by atoms with E-state index in [2.05, 4.69) is 10.2 Å². The zero-order valence-electron chi connectivity index (χ0n) is 8.92. The Morgan fingerprint density at radius 2 is 2.31 bits per heavy atom. The molecule has 1 amide bonds. The van der Waals surface area contributed by atoms with Crippen LogP contribution >= 0.6 is 0 Å². The van der Waals surface area contributed by atoms with E-state index in [9.17, 15) is 4.79 Å². The molecule has 1 fully saturated rings. The number of rotatable bonds is 1. The third-order valence-corrected chi connectivity index (χ3v) is 2.58. The van der Waals surface area contributed by atoms with Crippen LogP contribution in [0.3, 0.4) is 0 Å². The van der Waals surface area contributed by atoms with E-state index in [1.807, 2.05) is 6.07 Å². The first kappa shape index (κ1) is 10.4. The third kappa shape index (κ3) is 1.80. The van der Waals surface area contributed by atoms with Crippen molar-refractivity contribution in [1.82, 2.24) is 15.1 Å². The molecule has 1 aliphatic heterocycles. The highest BCUT2D eigenvalue weighted by Crippen LogP contribution is 2.16. The van der Waals surface area contributed by atoms with Gasteiger partial charge in [0.1, 0.15) is 6.07 Å². The number of hydrogen-bond donors (Lipinski definition) is 0. The molecule has 0 saturated carbocycles. The van der Waals surface area contributed by atoms with Crippen LogP contribution in [-0.2, 0) is 4.79 Å². The maximum atomic E-state index is 11.5. The minimum absolute atomic E-state index is 0.0285. The Bertz CT molecular complexity index is 453. The molecule has 0 bridgehead atoms. The van der Waals surface area contributed by atoms with Crippen molar-refractivity contribution in [1.29, 1.82) is 5.26 Å². The van der Waals surface area contributed by atoms with Crippen LogP contribution in [0.1, 0.15) is 5.56 Å². The minimum Gasteiger partial charge on any atom is -0.343 e. The molecule has 0 radical (unpaired) electrons. The lowest BCUT2D eigenvalue weighted by Gasteiger charge is -2.32. The summed E-state index contributed by atoms with van der Waals surface area (Å²) in [6, 6.07) is 3.65. The molecule has 6 heteroatoms. The second-order valence-electron chi connectivity index (χ2n) is 3.62. The van der Waals surface area contributed by atoms with E-state index in [0.29, 0.717) is 24.5 Å². The first-order valence-corrected chi connectivity index (χ1v) is 4.93. The highest BCUT2D eigenvalue weighted by Gasteiger charge is 2.23. The van der Waals surface area contributed by atoms with Crippen LogP contribution in [0.2, 0.25) is 0 Å². The van der Waals surface area contributed by atoms with Crippen molar-refractivity contribution < 1.29 is 4.79 Å². The van der Waals surface area contributed by atoms with Crippen LogP contribution in [0.15, 0.2) is 12.3 Å². The molecule has 0 N–H and O–H groups in total. The Kier molecular flexibility index (Phi) is 2.68. The van der Waals surface area contributed by atoms with Gasteiger partial charge in [-0.3, -0.25) is 4.79 Å². The Balaban J connectivity index is 2.25. The fourth-order valence-corrected chi connectivity index (χ4v) is 1.58. The molecule has 1 aliphatic rings. The molecule has 0 aromatic carbocycles. The number of likely N-dealkylation sites (N-methyl/N-ethyl adjacent to an activating group) is 1. The van der Waals surface area contributed by atoms with Gasteiger partial charge in [-0.15, -0.1) is 5.10 Å². The van der Waals surface area contributed by atoms with Crippen LogP contribution < -0.4 is 4.90 Å². The number of carbonyl (C=O) groups is 1. The topological polar surface area (TPSA) is 73.1 Å². The highest BCUT2D eigenvalue weighted by molar-refractivity contribution is 5.82. The summed E-state index contributed by atoms with van der Waals surface area (Å²) in [5, 5.41) is 16.6. The van der Waals surface area contributed by atoms with Gasteiger partial charge in [-0.1, -0.05) is 0 Å². The Morgan fingerprint density at radius 1 is 1.50 bits per heavy atom. The number of aromatic nitrogens is 2. The molecular weight excluding hydrogens is 206 g/mol. The lowest BCUT2D eigenvalue weighted by atomic mass is 10.2. The lowest BCUT2D eigenvalue weighted by molar-refractivity contribution is -0.129. The number of carbonyl (C=O) groups excluding carboxylic acids is 1. The second-order valence-corrected chi connectivity index (χ2v) is 3.62. The summed E-state index contributed by atoms with van der Waals surface area (Å²) in [6.45, 7) is 1.57. The minimum atomic E-state index is 0.0285. The summed E-state index contributed by atoms with van der Waals surface area (Å²) >= 11 is 0. The van der Waals surface area contributed by atoms with Gasteiger partial charge in [0.25, 0.3) is 0 Å². The first-order valence-electron chi connectivity index (χ1n) is 4.93. The van der Waals surface area contributed by atoms with Crippen molar-refractivity contribution in [2.75, 3.05) is 31.6 Å². The molecule has 6 nitrogen and oxygen atoms in total. The van der Waals surface area contributed by atoms with Crippen molar-refractivity contribution >= 4 is 11.7 Å². The molecular formula is C10H11N5O. The van der Waals surface area contributed by atoms with E-state index >= 15 is 0 Å². The van der Waals surface area contributed by atoms with E-state index in [1.54, 1.807) is 22.9 Å². The van der Waals surface area contributed by atoms with Crippen molar-refractivity contribution in [2.24, 2.45) is 0 Å². The average molecular weight is 217 g/mol. The molecule has 0 aliphatic carbocycles. The molecule has 2 heterocycles. The fourth-order valence-electron chi connectivity index (χ4n) is 1.58. The molecule has 1 saturated heterocycles. The molecule has 1 aromatic heterocycles. The predicted octanol–water partition coefficient (Wildman–Crippen LogP) is -0.373. The smallest absolute Gasteiger partial charge is 0.241 e. The van der Waals surface area contributed by atoms with Crippen LogP contribution in [0.25, 0.3) is 0 Å². The maximum absolute atomic E-state index is 11.5. The summed E-state index contributed by atoms with van der Waals surface area (Å²) in [6.07, 6.45) is 1.47. The van der Waals surface area contributed by atoms with Crippen molar-refractivity contribution in [2.45, 2.75) is 0 Å². The average Bonchev–Trinajstić information content (AvgIpc) is 2.32. The largest absolute Gasteiger partial charge is 0.343 e. The number of piperazine rings is 1. The van der Waals surface area contributed by atoms with Gasteiger partial charge in [0, 0.05) is 20.1 Å². The number of nitriles is 1. The maximum Gasteiger partial charge on any atom is 0.241 e. The van der Waals surface area contributed by atoms with E-state index in [0.717, 1.165) is 0 Å². The van der Waals surface area contributed by atoms with Gasteiger partial charge < -0.3 is 9.80 Å². The second kappa shape index (κ2) is 4.14. The zero-order chi connectivity index (χ0) is 11.5. The van der Waals surface area contributed by atoms with Crippen LogP contribution in [0.4, 0.5) is 5.82 Å². The lowest BCUT2D eigenvalue weighted by Crippen LogP contribution is -2.49. The normalized spacial score (nSPS) is 16.1. The number of nitrogens with zero attached hydrogens (tertiary/aromatic N) is 5. The fraction of sp³-hybridized carbons (Fsp3) is 0.400. The van der Waals surface area contributed by atoms with E-state index in [-0.39, 0.29) is 12.5 Å². The summed E-state index contributed by atoms with van der Waals surface area (Å²) < 4.78 is 0. The molecule has 0 unspecified atom stereocenters. The van der Waals surface area contributed by atoms with E-state index in [4.69, 9.17) is 5.26 Å². The quantitative estimate of drug-likeness (QED) is 0.641.